The first-order valence-electron chi connectivity index (χ1n) is 17.8. The monoisotopic (exact) mass is 638 g/mol. The van der Waals surface area contributed by atoms with Crippen LogP contribution >= 0.6 is 0 Å². The van der Waals surface area contributed by atoms with E-state index in [-0.39, 0.29) is 5.41 Å². The molecule has 256 valence electrons. The lowest BCUT2D eigenvalue weighted by Gasteiger charge is -2.53. The second-order valence-electron chi connectivity index (χ2n) is 13.6. The van der Waals surface area contributed by atoms with Gasteiger partial charge in [-0.05, 0) is 110 Å². The Hall–Kier alpha value is -2.00. The van der Waals surface area contributed by atoms with Crippen molar-refractivity contribution in [3.8, 4) is 5.75 Å². The summed E-state index contributed by atoms with van der Waals surface area (Å²) in [5, 5.41) is 0. The second-order valence-corrected chi connectivity index (χ2v) is 13.6. The Balaban J connectivity index is 1.00. The number of hydrogen-bond acceptors (Lipinski definition) is 7. The van der Waals surface area contributed by atoms with E-state index in [1.807, 2.05) is 18.2 Å². The standard InChI is InChI=1S/C39H58O7/c1-4-45-33-13-14-34-32(27-33)26-31(38-35(34)17-18-39(2)36(38)15-16-37(39)46-29-40-3)12-8-9-19-41-20-21-42-22-23-43-24-25-44-28-30-10-6-5-7-11-30/h5-7,10-11,13-14,27,31,35-38H,4,8-9,12,15-26,28-29H2,1-3H3/t31-,35-,36+,37+,38-,39+/m1/s1. The molecule has 0 saturated heterocycles. The molecule has 0 radical (unpaired) electrons. The maximum Gasteiger partial charge on any atom is 0.146 e. The first-order chi connectivity index (χ1) is 22.6. The number of hydrogen-bond donors (Lipinski definition) is 0. The molecular formula is C39H58O7. The minimum atomic E-state index is 0.241. The first kappa shape index (κ1) is 35.3. The molecule has 0 N–H and O–H groups in total. The lowest BCUT2D eigenvalue weighted by Crippen LogP contribution is -2.47. The summed E-state index contributed by atoms with van der Waals surface area (Å²) in [4.78, 5) is 0. The molecule has 0 unspecified atom stereocenters. The minimum absolute atomic E-state index is 0.241. The third kappa shape index (κ3) is 9.33. The van der Waals surface area contributed by atoms with Crippen LogP contribution in [0.4, 0.5) is 0 Å². The van der Waals surface area contributed by atoms with Crippen molar-refractivity contribution in [2.24, 2.45) is 23.2 Å². The molecule has 0 spiro atoms. The van der Waals surface area contributed by atoms with E-state index < -0.39 is 0 Å². The van der Waals surface area contributed by atoms with Gasteiger partial charge in [0, 0.05) is 13.7 Å². The predicted octanol–water partition coefficient (Wildman–Crippen LogP) is 7.59. The number of rotatable bonds is 21. The van der Waals surface area contributed by atoms with Crippen LogP contribution in [0, 0.1) is 23.2 Å². The molecule has 2 saturated carbocycles. The third-order valence-electron chi connectivity index (χ3n) is 10.8. The lowest BCUT2D eigenvalue weighted by molar-refractivity contribution is -0.128. The predicted molar refractivity (Wildman–Crippen MR) is 180 cm³/mol. The van der Waals surface area contributed by atoms with Crippen molar-refractivity contribution in [1.29, 1.82) is 0 Å². The van der Waals surface area contributed by atoms with Crippen molar-refractivity contribution in [3.63, 3.8) is 0 Å². The van der Waals surface area contributed by atoms with E-state index in [2.05, 4.69) is 44.2 Å². The van der Waals surface area contributed by atoms with Gasteiger partial charge < -0.3 is 33.2 Å². The Kier molecular flexibility index (Phi) is 14.2. The van der Waals surface area contributed by atoms with Crippen LogP contribution < -0.4 is 4.74 Å². The van der Waals surface area contributed by atoms with Crippen LogP contribution in [0.3, 0.4) is 0 Å². The summed E-state index contributed by atoms with van der Waals surface area (Å²) in [5.74, 6) is 3.77. The molecule has 3 aliphatic carbocycles. The van der Waals surface area contributed by atoms with Gasteiger partial charge in [-0.3, -0.25) is 0 Å². The van der Waals surface area contributed by atoms with E-state index >= 15 is 0 Å². The molecule has 5 rings (SSSR count). The van der Waals surface area contributed by atoms with E-state index in [0.29, 0.717) is 89.4 Å². The fourth-order valence-electron chi connectivity index (χ4n) is 8.72. The molecule has 0 bridgehead atoms. The summed E-state index contributed by atoms with van der Waals surface area (Å²) in [6.45, 7) is 10.7. The maximum absolute atomic E-state index is 6.27. The smallest absolute Gasteiger partial charge is 0.146 e. The zero-order chi connectivity index (χ0) is 32.0. The normalized spacial score (nSPS) is 26.8. The van der Waals surface area contributed by atoms with E-state index in [4.69, 9.17) is 33.2 Å². The van der Waals surface area contributed by atoms with Crippen LogP contribution in [-0.2, 0) is 41.4 Å². The average Bonchev–Trinajstić information content (AvgIpc) is 3.41. The van der Waals surface area contributed by atoms with Crippen molar-refractivity contribution in [2.75, 3.05) is 66.8 Å². The van der Waals surface area contributed by atoms with Crippen LogP contribution in [0.5, 0.6) is 5.75 Å². The van der Waals surface area contributed by atoms with Crippen LogP contribution in [0.15, 0.2) is 48.5 Å². The topological polar surface area (TPSA) is 64.6 Å². The quantitative estimate of drug-likeness (QED) is 0.103. The van der Waals surface area contributed by atoms with Crippen LogP contribution in [0.25, 0.3) is 0 Å². The van der Waals surface area contributed by atoms with Gasteiger partial charge in [-0.25, -0.2) is 0 Å². The number of benzene rings is 2. The molecule has 2 aromatic carbocycles. The highest BCUT2D eigenvalue weighted by Gasteiger charge is 2.57. The molecule has 0 aromatic heterocycles. The van der Waals surface area contributed by atoms with E-state index in [0.717, 1.165) is 31.6 Å². The molecular weight excluding hydrogens is 580 g/mol. The van der Waals surface area contributed by atoms with Crippen molar-refractivity contribution in [3.05, 3.63) is 65.2 Å². The summed E-state index contributed by atoms with van der Waals surface area (Å²) >= 11 is 0. The number of unbranched alkanes of at least 4 members (excludes halogenated alkanes) is 1. The Morgan fingerprint density at radius 2 is 1.54 bits per heavy atom. The third-order valence-corrected chi connectivity index (χ3v) is 10.8. The molecule has 3 aliphatic rings. The fraction of sp³-hybridized carbons (Fsp3) is 0.692. The summed E-state index contributed by atoms with van der Waals surface area (Å²) in [6, 6.07) is 17.1. The van der Waals surface area contributed by atoms with Crippen molar-refractivity contribution < 1.29 is 33.2 Å². The van der Waals surface area contributed by atoms with Crippen molar-refractivity contribution >= 4 is 0 Å². The molecule has 2 aromatic rings. The number of methoxy groups -OCH3 is 1. The second kappa shape index (κ2) is 18.5. The number of ether oxygens (including phenoxy) is 7. The Morgan fingerprint density at radius 1 is 0.804 bits per heavy atom. The first-order valence-corrected chi connectivity index (χ1v) is 17.8. The van der Waals surface area contributed by atoms with Crippen molar-refractivity contribution in [2.45, 2.75) is 83.8 Å². The highest BCUT2D eigenvalue weighted by Crippen LogP contribution is 2.63. The van der Waals surface area contributed by atoms with Crippen LogP contribution in [-0.4, -0.2) is 72.9 Å². The van der Waals surface area contributed by atoms with Gasteiger partial charge in [0.2, 0.25) is 0 Å². The highest BCUT2D eigenvalue weighted by molar-refractivity contribution is 5.41. The van der Waals surface area contributed by atoms with E-state index in [9.17, 15) is 0 Å². The lowest BCUT2D eigenvalue weighted by atomic mass is 9.52. The zero-order valence-electron chi connectivity index (χ0n) is 28.6. The van der Waals surface area contributed by atoms with Gasteiger partial charge in [0.25, 0.3) is 0 Å². The van der Waals surface area contributed by atoms with Crippen LogP contribution in [0.1, 0.15) is 81.4 Å². The fourth-order valence-corrected chi connectivity index (χ4v) is 8.72. The Labute approximate surface area is 277 Å². The van der Waals surface area contributed by atoms with Gasteiger partial charge in [-0.15, -0.1) is 0 Å². The summed E-state index contributed by atoms with van der Waals surface area (Å²) in [7, 11) is 1.73. The average molecular weight is 639 g/mol. The van der Waals surface area contributed by atoms with Gasteiger partial charge in [0.05, 0.1) is 59.0 Å². The van der Waals surface area contributed by atoms with Crippen molar-refractivity contribution in [1.82, 2.24) is 0 Å². The molecule has 0 aliphatic heterocycles. The molecule has 0 amide bonds. The van der Waals surface area contributed by atoms with E-state index in [1.54, 1.807) is 12.7 Å². The Bertz CT molecular complexity index is 1140. The molecule has 46 heavy (non-hydrogen) atoms. The molecule has 0 heterocycles. The van der Waals surface area contributed by atoms with Gasteiger partial charge in [-0.1, -0.05) is 49.7 Å². The minimum Gasteiger partial charge on any atom is -0.494 e. The highest BCUT2D eigenvalue weighted by atomic mass is 16.7. The summed E-state index contributed by atoms with van der Waals surface area (Å²) in [5.41, 5.74) is 4.52. The zero-order valence-corrected chi connectivity index (χ0v) is 28.6. The summed E-state index contributed by atoms with van der Waals surface area (Å²) < 4.78 is 40.4. The molecule has 2 fully saturated rings. The molecule has 6 atom stereocenters. The molecule has 7 heteroatoms. The number of fused-ring (bicyclic) bond motifs is 5. The Morgan fingerprint density at radius 3 is 2.28 bits per heavy atom. The van der Waals surface area contributed by atoms with Gasteiger partial charge in [0.1, 0.15) is 12.5 Å². The van der Waals surface area contributed by atoms with Gasteiger partial charge in [-0.2, -0.15) is 0 Å². The summed E-state index contributed by atoms with van der Waals surface area (Å²) in [6.07, 6.45) is 9.91. The van der Waals surface area contributed by atoms with Gasteiger partial charge in [0.15, 0.2) is 0 Å². The van der Waals surface area contributed by atoms with Gasteiger partial charge >= 0.3 is 0 Å². The van der Waals surface area contributed by atoms with E-state index in [1.165, 1.54) is 43.2 Å². The SMILES string of the molecule is CCOc1ccc2c(c1)C[C@@H](CCCCOCCOCCOCCOCc1ccccc1)[C@@H]1[C@@H]2CC[C@]2(C)[C@@H](OCOC)CC[C@@H]12. The maximum atomic E-state index is 6.27. The molecule has 7 nitrogen and oxygen atoms in total. The largest absolute Gasteiger partial charge is 0.494 e. The van der Waals surface area contributed by atoms with Crippen LogP contribution in [0.2, 0.25) is 0 Å².